The summed E-state index contributed by atoms with van der Waals surface area (Å²) in [5.41, 5.74) is -1.48. The van der Waals surface area contributed by atoms with E-state index in [0.717, 1.165) is 18.3 Å². The van der Waals surface area contributed by atoms with Crippen LogP contribution in [0, 0.1) is 0 Å². The third-order valence-corrected chi connectivity index (χ3v) is 2.42. The molecule has 11 heteroatoms. The van der Waals surface area contributed by atoms with Gasteiger partial charge in [-0.25, -0.2) is 0 Å². The van der Waals surface area contributed by atoms with Crippen LogP contribution in [-0.2, 0) is 11.0 Å². The Bertz CT molecular complexity index is 673. The van der Waals surface area contributed by atoms with Gasteiger partial charge in [0.1, 0.15) is 11.4 Å². The SMILES string of the molecule is O=C(Nc1ccc(-c2cc(C(F)(F)F)[nH]n2)nc1)C(F)(F)F. The second-order valence-electron chi connectivity index (χ2n) is 4.05. The van der Waals surface area contributed by atoms with E-state index in [1.165, 1.54) is 0 Å². The number of halogens is 6. The lowest BCUT2D eigenvalue weighted by Gasteiger charge is -2.07. The van der Waals surface area contributed by atoms with E-state index in [4.69, 9.17) is 0 Å². The summed E-state index contributed by atoms with van der Waals surface area (Å²) in [6.45, 7) is 0. The lowest BCUT2D eigenvalue weighted by Crippen LogP contribution is -2.29. The van der Waals surface area contributed by atoms with E-state index in [9.17, 15) is 31.1 Å². The second-order valence-corrected chi connectivity index (χ2v) is 4.05. The van der Waals surface area contributed by atoms with E-state index < -0.39 is 24.0 Å². The number of carbonyl (C=O) groups is 1. The van der Waals surface area contributed by atoms with Crippen LogP contribution in [0.2, 0.25) is 0 Å². The molecule has 0 spiro atoms. The highest BCUT2D eigenvalue weighted by atomic mass is 19.4. The Morgan fingerprint density at radius 2 is 1.77 bits per heavy atom. The first-order chi connectivity index (χ1) is 10.1. The van der Waals surface area contributed by atoms with Crippen molar-refractivity contribution in [3.05, 3.63) is 30.1 Å². The molecule has 0 radical (unpaired) electrons. The zero-order valence-corrected chi connectivity index (χ0v) is 10.4. The van der Waals surface area contributed by atoms with Crippen molar-refractivity contribution in [1.29, 1.82) is 0 Å². The molecule has 5 nitrogen and oxygen atoms in total. The van der Waals surface area contributed by atoms with Gasteiger partial charge in [0, 0.05) is 0 Å². The quantitative estimate of drug-likeness (QED) is 0.834. The Labute approximate surface area is 118 Å². The van der Waals surface area contributed by atoms with E-state index in [1.807, 2.05) is 0 Å². The summed E-state index contributed by atoms with van der Waals surface area (Å²) in [4.78, 5) is 14.3. The number of hydrogen-bond acceptors (Lipinski definition) is 3. The van der Waals surface area contributed by atoms with Gasteiger partial charge in [-0.15, -0.1) is 0 Å². The molecule has 2 aromatic rings. The zero-order valence-electron chi connectivity index (χ0n) is 10.4. The van der Waals surface area contributed by atoms with Gasteiger partial charge < -0.3 is 5.32 Å². The Balaban J connectivity index is 2.16. The maximum Gasteiger partial charge on any atom is 0.471 e. The van der Waals surface area contributed by atoms with Crippen LogP contribution in [0.3, 0.4) is 0 Å². The van der Waals surface area contributed by atoms with Gasteiger partial charge in [0.2, 0.25) is 0 Å². The molecule has 0 aliphatic carbocycles. The second kappa shape index (κ2) is 5.31. The van der Waals surface area contributed by atoms with E-state index in [2.05, 4.69) is 10.1 Å². The molecule has 0 aromatic carbocycles. The minimum atomic E-state index is -5.05. The molecule has 0 bridgehead atoms. The molecule has 0 unspecified atom stereocenters. The van der Waals surface area contributed by atoms with Crippen molar-refractivity contribution in [1.82, 2.24) is 15.2 Å². The number of aromatic nitrogens is 3. The molecule has 2 N–H and O–H groups in total. The summed E-state index contributed by atoms with van der Waals surface area (Å²) in [7, 11) is 0. The lowest BCUT2D eigenvalue weighted by molar-refractivity contribution is -0.167. The smallest absolute Gasteiger partial charge is 0.317 e. The number of carbonyl (C=O) groups excluding carboxylic acids is 1. The van der Waals surface area contributed by atoms with Crippen LogP contribution in [0.25, 0.3) is 11.4 Å². The molecule has 0 saturated heterocycles. The zero-order chi connectivity index (χ0) is 16.5. The normalized spacial score (nSPS) is 12.3. The minimum absolute atomic E-state index is 0.00300. The summed E-state index contributed by atoms with van der Waals surface area (Å²) in [5.74, 6) is -2.18. The lowest BCUT2D eigenvalue weighted by atomic mass is 10.2. The molecule has 0 aliphatic rings. The molecule has 22 heavy (non-hydrogen) atoms. The Hall–Kier alpha value is -2.59. The largest absolute Gasteiger partial charge is 0.471 e. The van der Waals surface area contributed by atoms with Crippen molar-refractivity contribution in [2.75, 3.05) is 5.32 Å². The maximum absolute atomic E-state index is 12.4. The number of amides is 1. The molecule has 1 amide bonds. The van der Waals surface area contributed by atoms with Crippen molar-refractivity contribution in [2.45, 2.75) is 12.4 Å². The topological polar surface area (TPSA) is 70.7 Å². The number of rotatable bonds is 2. The van der Waals surface area contributed by atoms with E-state index >= 15 is 0 Å². The molecular weight excluding hydrogens is 318 g/mol. The molecular formula is C11H6F6N4O. The summed E-state index contributed by atoms with van der Waals surface area (Å²) in [5, 5.41) is 6.74. The Morgan fingerprint density at radius 1 is 1.09 bits per heavy atom. The molecule has 2 heterocycles. The highest BCUT2D eigenvalue weighted by Crippen LogP contribution is 2.30. The third kappa shape index (κ3) is 3.54. The molecule has 2 aromatic heterocycles. The van der Waals surface area contributed by atoms with Crippen LogP contribution >= 0.6 is 0 Å². The molecule has 0 saturated carbocycles. The maximum atomic E-state index is 12.4. The number of H-pyrrole nitrogens is 1. The number of alkyl halides is 6. The van der Waals surface area contributed by atoms with E-state index in [-0.39, 0.29) is 17.1 Å². The average Bonchev–Trinajstić information content (AvgIpc) is 2.88. The fourth-order valence-electron chi connectivity index (χ4n) is 1.42. The van der Waals surface area contributed by atoms with Gasteiger partial charge in [0.25, 0.3) is 0 Å². The Kier molecular flexibility index (Phi) is 3.81. The standard InChI is InChI=1S/C11H6F6N4O/c12-10(13,14)8-3-7(20-21-8)6-2-1-5(4-18-6)19-9(22)11(15,16)17/h1-4H,(H,19,22)(H,20,21). The highest BCUT2D eigenvalue weighted by molar-refractivity contribution is 5.94. The van der Waals surface area contributed by atoms with Crippen LogP contribution < -0.4 is 5.32 Å². The first-order valence-corrected chi connectivity index (χ1v) is 5.54. The van der Waals surface area contributed by atoms with Crippen LogP contribution in [-0.4, -0.2) is 27.3 Å². The van der Waals surface area contributed by atoms with Crippen molar-refractivity contribution < 1.29 is 31.1 Å². The van der Waals surface area contributed by atoms with E-state index in [0.29, 0.717) is 6.07 Å². The van der Waals surface area contributed by atoms with Gasteiger partial charge in [0.05, 0.1) is 17.6 Å². The van der Waals surface area contributed by atoms with E-state index in [1.54, 1.807) is 10.4 Å². The number of anilines is 1. The van der Waals surface area contributed by atoms with Crippen LogP contribution in [0.1, 0.15) is 5.69 Å². The summed E-state index contributed by atoms with van der Waals surface area (Å²) in [6, 6.07) is 2.90. The number of nitrogens with one attached hydrogen (secondary N) is 2. The van der Waals surface area contributed by atoms with Crippen molar-refractivity contribution in [3.8, 4) is 11.4 Å². The predicted octanol–water partition coefficient (Wildman–Crippen LogP) is 2.99. The molecule has 118 valence electrons. The summed E-state index contributed by atoms with van der Waals surface area (Å²) < 4.78 is 73.3. The monoisotopic (exact) mass is 324 g/mol. The third-order valence-electron chi connectivity index (χ3n) is 2.42. The predicted molar refractivity (Wildman–Crippen MR) is 61.5 cm³/mol. The number of hydrogen-bond donors (Lipinski definition) is 2. The number of aromatic amines is 1. The summed E-state index contributed by atoms with van der Waals surface area (Å²) in [6.07, 6.45) is -8.78. The average molecular weight is 324 g/mol. The Morgan fingerprint density at radius 3 is 2.23 bits per heavy atom. The van der Waals surface area contributed by atoms with Crippen molar-refractivity contribution in [3.63, 3.8) is 0 Å². The van der Waals surface area contributed by atoms with Gasteiger partial charge in [-0.3, -0.25) is 14.9 Å². The van der Waals surface area contributed by atoms with Gasteiger partial charge in [0.15, 0.2) is 0 Å². The van der Waals surface area contributed by atoms with Crippen molar-refractivity contribution >= 4 is 11.6 Å². The fraction of sp³-hybridized carbons (Fsp3) is 0.182. The van der Waals surface area contributed by atoms with Crippen LogP contribution in [0.15, 0.2) is 24.4 Å². The first-order valence-electron chi connectivity index (χ1n) is 5.54. The number of nitrogens with zero attached hydrogens (tertiary/aromatic N) is 2. The molecule has 2 rings (SSSR count). The summed E-state index contributed by atoms with van der Waals surface area (Å²) >= 11 is 0. The van der Waals surface area contributed by atoms with Gasteiger partial charge in [-0.2, -0.15) is 31.4 Å². The van der Waals surface area contributed by atoms with Gasteiger partial charge >= 0.3 is 18.3 Å². The van der Waals surface area contributed by atoms with Crippen molar-refractivity contribution in [2.24, 2.45) is 0 Å². The van der Waals surface area contributed by atoms with Crippen LogP contribution in [0.5, 0.6) is 0 Å². The fourth-order valence-corrected chi connectivity index (χ4v) is 1.42. The van der Waals surface area contributed by atoms with Gasteiger partial charge in [-0.05, 0) is 18.2 Å². The minimum Gasteiger partial charge on any atom is -0.317 e. The molecule has 0 aliphatic heterocycles. The van der Waals surface area contributed by atoms with Gasteiger partial charge in [-0.1, -0.05) is 0 Å². The first kappa shape index (κ1) is 15.8. The highest BCUT2D eigenvalue weighted by Gasteiger charge is 2.38. The molecule has 0 fully saturated rings. The molecule has 0 atom stereocenters. The number of pyridine rings is 1. The van der Waals surface area contributed by atoms with Crippen LogP contribution in [0.4, 0.5) is 32.0 Å².